The number of likely N-dealkylation sites (N-methyl/N-ethyl adjacent to an activating group) is 2. The van der Waals surface area contributed by atoms with Crippen LogP contribution < -0.4 is 28.4 Å². The fourth-order valence-corrected chi connectivity index (χ4v) is 9.34. The third-order valence-electron chi connectivity index (χ3n) is 12.4. The smallest absolute Gasteiger partial charge is 0.204 e. The summed E-state index contributed by atoms with van der Waals surface area (Å²) in [5.74, 6) is 5.67. The van der Waals surface area contributed by atoms with Crippen LogP contribution in [0.2, 0.25) is 0 Å². The maximum atomic E-state index is 10.1. The van der Waals surface area contributed by atoms with Gasteiger partial charge in [0.15, 0.2) is 34.5 Å². The minimum Gasteiger partial charge on any atom is -0.493 e. The molecule has 0 saturated carbocycles. The Morgan fingerprint density at radius 1 is 0.727 bits per heavy atom. The molecule has 5 aliphatic heterocycles. The van der Waals surface area contributed by atoms with Crippen molar-refractivity contribution < 1.29 is 33.5 Å². The lowest BCUT2D eigenvalue weighted by atomic mass is 9.84. The van der Waals surface area contributed by atoms with Gasteiger partial charge in [-0.25, -0.2) is 0 Å². The Morgan fingerprint density at radius 3 is 2.18 bits per heavy atom. The molecule has 0 aliphatic carbocycles. The van der Waals surface area contributed by atoms with Gasteiger partial charge in [-0.15, -0.1) is 0 Å². The molecule has 6 bridgehead atoms. The van der Waals surface area contributed by atoms with E-state index in [1.54, 1.807) is 28.4 Å². The summed E-state index contributed by atoms with van der Waals surface area (Å²) < 4.78 is 38.4. The van der Waals surface area contributed by atoms with Crippen LogP contribution in [0.5, 0.6) is 46.0 Å². The number of likely N-dealkylation sites (tertiary alicyclic amines) is 1. The predicted molar refractivity (Wildman–Crippen MR) is 213 cm³/mol. The highest BCUT2D eigenvalue weighted by Crippen LogP contribution is 2.54. The summed E-state index contributed by atoms with van der Waals surface area (Å²) >= 11 is 0. The summed E-state index contributed by atoms with van der Waals surface area (Å²) in [7, 11) is 11.2. The first-order valence-corrected chi connectivity index (χ1v) is 19.7. The van der Waals surface area contributed by atoms with E-state index in [0.717, 1.165) is 80.7 Å². The van der Waals surface area contributed by atoms with E-state index in [1.165, 1.54) is 22.3 Å². The van der Waals surface area contributed by atoms with E-state index in [1.807, 2.05) is 6.07 Å². The zero-order valence-corrected chi connectivity index (χ0v) is 33.2. The molecule has 5 aliphatic rings. The number of hydrogen-bond donors (Lipinski definition) is 1. The second kappa shape index (κ2) is 15.9. The van der Waals surface area contributed by atoms with Crippen molar-refractivity contribution in [2.75, 3.05) is 75.3 Å². The van der Waals surface area contributed by atoms with Crippen LogP contribution in [-0.2, 0) is 32.2 Å². The van der Waals surface area contributed by atoms with Crippen LogP contribution in [0.25, 0.3) is 0 Å². The Hall–Kier alpha value is -4.48. The van der Waals surface area contributed by atoms with Crippen molar-refractivity contribution in [2.24, 2.45) is 5.92 Å². The monoisotopic (exact) mass is 749 g/mol. The Morgan fingerprint density at radius 2 is 1.44 bits per heavy atom. The van der Waals surface area contributed by atoms with Gasteiger partial charge < -0.3 is 33.5 Å². The van der Waals surface area contributed by atoms with Crippen LogP contribution in [-0.4, -0.2) is 95.1 Å². The molecule has 1 unspecified atom stereocenters. The molecule has 10 nitrogen and oxygen atoms in total. The van der Waals surface area contributed by atoms with Crippen LogP contribution >= 0.6 is 0 Å². The fraction of sp³-hybridized carbons (Fsp3) is 0.467. The molecule has 4 aromatic rings. The zero-order chi connectivity index (χ0) is 38.2. The fourth-order valence-electron chi connectivity index (χ4n) is 9.34. The second-order valence-corrected chi connectivity index (χ2v) is 15.6. The summed E-state index contributed by atoms with van der Waals surface area (Å²) in [5, 5.41) is 10.1. The second-order valence-electron chi connectivity index (χ2n) is 15.6. The number of aliphatic hydroxyl groups excluding tert-OH is 1. The van der Waals surface area contributed by atoms with Crippen LogP contribution in [0.3, 0.4) is 0 Å². The van der Waals surface area contributed by atoms with Gasteiger partial charge in [0.1, 0.15) is 5.75 Å². The van der Waals surface area contributed by atoms with Gasteiger partial charge in [-0.2, -0.15) is 0 Å². The maximum Gasteiger partial charge on any atom is 0.204 e. The van der Waals surface area contributed by atoms with Gasteiger partial charge in [-0.1, -0.05) is 18.2 Å². The van der Waals surface area contributed by atoms with Crippen LogP contribution in [0.15, 0.2) is 54.6 Å². The minimum absolute atomic E-state index is 0.0641. The molecule has 55 heavy (non-hydrogen) atoms. The molecule has 1 N–H and O–H groups in total. The molecule has 9 rings (SSSR count). The van der Waals surface area contributed by atoms with Gasteiger partial charge in [-0.05, 0) is 129 Å². The summed E-state index contributed by atoms with van der Waals surface area (Å²) in [6.45, 7) is 4.52. The number of piperidine rings is 1. The molecule has 1 saturated heterocycles. The Kier molecular flexibility index (Phi) is 10.9. The molecule has 292 valence electrons. The highest BCUT2D eigenvalue weighted by Gasteiger charge is 2.38. The van der Waals surface area contributed by atoms with Crippen molar-refractivity contribution >= 4 is 0 Å². The lowest BCUT2D eigenvalue weighted by Crippen LogP contribution is -2.38. The third-order valence-corrected chi connectivity index (χ3v) is 12.4. The molecule has 4 aromatic carbocycles. The van der Waals surface area contributed by atoms with E-state index >= 15 is 0 Å². The van der Waals surface area contributed by atoms with E-state index in [9.17, 15) is 5.11 Å². The van der Waals surface area contributed by atoms with Crippen LogP contribution in [0, 0.1) is 5.92 Å². The molecule has 0 spiro atoms. The molecule has 5 heterocycles. The number of ether oxygens (including phenoxy) is 6. The van der Waals surface area contributed by atoms with E-state index in [4.69, 9.17) is 28.4 Å². The summed E-state index contributed by atoms with van der Waals surface area (Å²) in [6, 6.07) is 19.1. The molecular formula is C45H55N3O7. The first-order chi connectivity index (χ1) is 26.8. The minimum atomic E-state index is -0.0641. The summed E-state index contributed by atoms with van der Waals surface area (Å²) in [4.78, 5) is 7.32. The van der Waals surface area contributed by atoms with Gasteiger partial charge in [0.05, 0.1) is 28.4 Å². The number of benzene rings is 4. The molecule has 0 amide bonds. The number of aliphatic hydroxyl groups is 1. The van der Waals surface area contributed by atoms with Crippen molar-refractivity contribution in [3.8, 4) is 46.0 Å². The van der Waals surface area contributed by atoms with Gasteiger partial charge in [0.25, 0.3) is 0 Å². The van der Waals surface area contributed by atoms with Gasteiger partial charge >= 0.3 is 0 Å². The highest BCUT2D eigenvalue weighted by molar-refractivity contribution is 5.67. The molecule has 1 fully saturated rings. The molecule has 0 radical (unpaired) electrons. The van der Waals surface area contributed by atoms with Crippen molar-refractivity contribution in [3.63, 3.8) is 0 Å². The summed E-state index contributed by atoms with van der Waals surface area (Å²) in [6.07, 6.45) is 5.37. The normalized spacial score (nSPS) is 21.4. The van der Waals surface area contributed by atoms with E-state index in [2.05, 4.69) is 77.3 Å². The van der Waals surface area contributed by atoms with E-state index in [0.29, 0.717) is 53.2 Å². The van der Waals surface area contributed by atoms with E-state index in [-0.39, 0.29) is 24.6 Å². The summed E-state index contributed by atoms with van der Waals surface area (Å²) in [5.41, 5.74) is 8.29. The van der Waals surface area contributed by atoms with Crippen LogP contribution in [0.4, 0.5) is 0 Å². The Bertz CT molecular complexity index is 2020. The van der Waals surface area contributed by atoms with Crippen molar-refractivity contribution in [1.82, 2.24) is 14.7 Å². The molecular weight excluding hydrogens is 695 g/mol. The average molecular weight is 750 g/mol. The van der Waals surface area contributed by atoms with Crippen molar-refractivity contribution in [1.29, 1.82) is 0 Å². The SMILES string of the molecule is COc1ccc2cc1Oc1ccc(cc1)C[C@H]1c3cc(c(OC)cc3CCN1C)Oc1c(OC)c(OC)c(CN3CCCC(CO)C3)c3c1[C@H](C2)N(C)CC3. The van der Waals surface area contributed by atoms with Crippen LogP contribution in [0.1, 0.15) is 63.9 Å². The quantitative estimate of drug-likeness (QED) is 0.207. The Labute approximate surface area is 325 Å². The highest BCUT2D eigenvalue weighted by atomic mass is 16.5. The first kappa shape index (κ1) is 37.4. The number of nitrogens with zero attached hydrogens (tertiary/aromatic N) is 3. The van der Waals surface area contributed by atoms with Crippen molar-refractivity contribution in [2.45, 2.75) is 57.2 Å². The van der Waals surface area contributed by atoms with Crippen molar-refractivity contribution in [3.05, 3.63) is 93.5 Å². The first-order valence-electron chi connectivity index (χ1n) is 19.7. The third kappa shape index (κ3) is 7.21. The average Bonchev–Trinajstić information content (AvgIpc) is 3.20. The van der Waals surface area contributed by atoms with E-state index < -0.39 is 0 Å². The molecule has 10 heteroatoms. The lowest BCUT2D eigenvalue weighted by Gasteiger charge is -2.40. The number of hydrogen-bond acceptors (Lipinski definition) is 10. The maximum absolute atomic E-state index is 10.1. The number of methoxy groups -OCH3 is 4. The molecule has 3 atom stereocenters. The lowest BCUT2D eigenvalue weighted by molar-refractivity contribution is 0.114. The Balaban J connectivity index is 1.36. The topological polar surface area (TPSA) is 85.3 Å². The predicted octanol–water partition coefficient (Wildman–Crippen LogP) is 7.37. The van der Waals surface area contributed by atoms with Gasteiger partial charge in [0.2, 0.25) is 5.75 Å². The standard InChI is InChI=1S/C45H55N3O7/c1-46-18-15-31-23-39(51-4)41-24-34(31)36(46)20-28-9-12-32(13-10-28)54-40-22-29(11-14-38(40)50-3)21-37-42-33(16-19-47(37)2)35(26-48-17-7-8-30(25-48)27-49)43(52-5)45(53-6)44(42)55-41/h9-14,22-24,30,36-37,49H,7-8,15-21,25-27H2,1-6H3/t30?,36-,37-/m0/s1. The zero-order valence-electron chi connectivity index (χ0n) is 33.2. The molecule has 0 aromatic heterocycles. The number of rotatable bonds is 7. The van der Waals surface area contributed by atoms with Gasteiger partial charge in [0, 0.05) is 56.0 Å². The largest absolute Gasteiger partial charge is 0.493 e. The van der Waals surface area contributed by atoms with Gasteiger partial charge in [-0.3, -0.25) is 14.7 Å². The number of fused-ring (bicyclic) bond motifs is 2.